The van der Waals surface area contributed by atoms with E-state index in [9.17, 15) is 14.4 Å². The number of carbonyl (C=O) groups is 3. The lowest BCUT2D eigenvalue weighted by Crippen LogP contribution is -2.41. The van der Waals surface area contributed by atoms with Crippen LogP contribution in [0.25, 0.3) is 0 Å². The number of imide groups is 1. The Balaban J connectivity index is 1.68. The molecule has 1 saturated heterocycles. The van der Waals surface area contributed by atoms with Gasteiger partial charge in [0.25, 0.3) is 0 Å². The van der Waals surface area contributed by atoms with Gasteiger partial charge in [0.05, 0.1) is 11.1 Å². The summed E-state index contributed by atoms with van der Waals surface area (Å²) in [6.07, 6.45) is 4.86. The third kappa shape index (κ3) is 3.24. The minimum atomic E-state index is -0.542. The molecule has 1 aliphatic heterocycles. The van der Waals surface area contributed by atoms with Crippen molar-refractivity contribution >= 4 is 39.3 Å². The van der Waals surface area contributed by atoms with Crippen LogP contribution in [0.3, 0.4) is 0 Å². The van der Waals surface area contributed by atoms with Crippen LogP contribution in [0.1, 0.15) is 44.1 Å². The predicted molar refractivity (Wildman–Crippen MR) is 94.4 cm³/mol. The molecule has 0 atom stereocenters. The molecule has 3 amide bonds. The number of hydrogen-bond donors (Lipinski definition) is 1. The molecule has 1 aromatic carbocycles. The molecule has 1 saturated carbocycles. The molecule has 1 aliphatic carbocycles. The van der Waals surface area contributed by atoms with E-state index in [2.05, 4.69) is 21.2 Å². The molecular formula is C18H21BrN2O3. The van der Waals surface area contributed by atoms with E-state index in [1.165, 1.54) is 0 Å². The van der Waals surface area contributed by atoms with E-state index in [-0.39, 0.29) is 30.7 Å². The average molecular weight is 393 g/mol. The summed E-state index contributed by atoms with van der Waals surface area (Å²) in [7, 11) is 0. The topological polar surface area (TPSA) is 66.5 Å². The molecular weight excluding hydrogens is 372 g/mol. The number of nitrogens with zero attached hydrogens (tertiary/aromatic N) is 1. The van der Waals surface area contributed by atoms with Crippen molar-refractivity contribution in [3.05, 3.63) is 28.2 Å². The van der Waals surface area contributed by atoms with Gasteiger partial charge in [0.1, 0.15) is 6.54 Å². The fourth-order valence-electron chi connectivity index (χ4n) is 3.69. The number of anilines is 1. The van der Waals surface area contributed by atoms with Crippen molar-refractivity contribution in [3.8, 4) is 0 Å². The van der Waals surface area contributed by atoms with Crippen LogP contribution in [0, 0.1) is 12.3 Å². The number of nitrogens with one attached hydrogen (secondary N) is 1. The monoisotopic (exact) mass is 392 g/mol. The molecule has 1 spiro atoms. The van der Waals surface area contributed by atoms with Crippen molar-refractivity contribution < 1.29 is 14.4 Å². The Bertz CT molecular complexity index is 696. The Hall–Kier alpha value is -1.69. The van der Waals surface area contributed by atoms with Crippen molar-refractivity contribution in [2.45, 2.75) is 45.4 Å². The summed E-state index contributed by atoms with van der Waals surface area (Å²) >= 11 is 3.41. The molecule has 1 N–H and O–H groups in total. The van der Waals surface area contributed by atoms with E-state index in [1.54, 1.807) is 6.07 Å². The minimum absolute atomic E-state index is 0.162. The van der Waals surface area contributed by atoms with Gasteiger partial charge in [0.2, 0.25) is 17.7 Å². The highest BCUT2D eigenvalue weighted by Gasteiger charge is 2.51. The zero-order valence-corrected chi connectivity index (χ0v) is 15.3. The first-order valence-corrected chi connectivity index (χ1v) is 9.11. The summed E-state index contributed by atoms with van der Waals surface area (Å²) in [5.74, 6) is -0.737. The number of amides is 3. The Morgan fingerprint density at radius 3 is 2.62 bits per heavy atom. The fraction of sp³-hybridized carbons (Fsp3) is 0.500. The molecule has 0 unspecified atom stereocenters. The third-order valence-corrected chi connectivity index (χ3v) is 5.66. The van der Waals surface area contributed by atoms with Gasteiger partial charge in [-0.2, -0.15) is 0 Å². The van der Waals surface area contributed by atoms with Crippen LogP contribution in [-0.2, 0) is 14.4 Å². The van der Waals surface area contributed by atoms with Gasteiger partial charge in [-0.3, -0.25) is 19.3 Å². The van der Waals surface area contributed by atoms with Gasteiger partial charge < -0.3 is 5.32 Å². The highest BCUT2D eigenvalue weighted by atomic mass is 79.9. The van der Waals surface area contributed by atoms with Crippen LogP contribution in [0.2, 0.25) is 0 Å². The molecule has 128 valence electrons. The number of benzene rings is 1. The van der Waals surface area contributed by atoms with Crippen LogP contribution in [0.15, 0.2) is 22.7 Å². The first kappa shape index (κ1) is 17.1. The lowest BCUT2D eigenvalue weighted by Gasteiger charge is -2.30. The van der Waals surface area contributed by atoms with Crippen molar-refractivity contribution in [1.29, 1.82) is 0 Å². The minimum Gasteiger partial charge on any atom is -0.324 e. The fourth-order valence-corrected chi connectivity index (χ4v) is 4.29. The Morgan fingerprint density at radius 2 is 1.96 bits per heavy atom. The van der Waals surface area contributed by atoms with Gasteiger partial charge in [-0.15, -0.1) is 0 Å². The van der Waals surface area contributed by atoms with Gasteiger partial charge in [-0.25, -0.2) is 0 Å². The molecule has 2 fully saturated rings. The molecule has 24 heavy (non-hydrogen) atoms. The summed E-state index contributed by atoms with van der Waals surface area (Å²) in [4.78, 5) is 38.4. The SMILES string of the molecule is Cc1ccc(NC(=O)CN2C(=O)CC3(CCCCC3)C2=O)c(Br)c1. The Kier molecular flexibility index (Phi) is 4.76. The molecule has 6 heteroatoms. The van der Waals surface area contributed by atoms with E-state index >= 15 is 0 Å². The molecule has 1 aromatic rings. The van der Waals surface area contributed by atoms with E-state index in [0.29, 0.717) is 5.69 Å². The van der Waals surface area contributed by atoms with Crippen molar-refractivity contribution in [1.82, 2.24) is 4.90 Å². The van der Waals surface area contributed by atoms with Gasteiger partial charge in [0, 0.05) is 10.9 Å². The van der Waals surface area contributed by atoms with Gasteiger partial charge in [-0.1, -0.05) is 25.3 Å². The van der Waals surface area contributed by atoms with Gasteiger partial charge in [0.15, 0.2) is 0 Å². The second kappa shape index (κ2) is 6.67. The first-order valence-electron chi connectivity index (χ1n) is 8.32. The standard InChI is InChI=1S/C18H21BrN2O3/c1-12-5-6-14(13(19)9-12)20-15(22)11-21-16(23)10-18(17(21)24)7-3-2-4-8-18/h5-6,9H,2-4,7-8,10-11H2,1H3,(H,20,22). The number of rotatable bonds is 3. The zero-order chi connectivity index (χ0) is 17.3. The number of halogens is 1. The molecule has 0 aromatic heterocycles. The number of likely N-dealkylation sites (tertiary alicyclic amines) is 1. The Labute approximate surface area is 149 Å². The summed E-state index contributed by atoms with van der Waals surface area (Å²) in [6.45, 7) is 1.75. The summed E-state index contributed by atoms with van der Waals surface area (Å²) in [5, 5.41) is 2.76. The average Bonchev–Trinajstić information content (AvgIpc) is 2.75. The van der Waals surface area contributed by atoms with Crippen molar-refractivity contribution in [2.75, 3.05) is 11.9 Å². The summed E-state index contributed by atoms with van der Waals surface area (Å²) in [5.41, 5.74) is 1.17. The zero-order valence-electron chi connectivity index (χ0n) is 13.7. The van der Waals surface area contributed by atoms with Gasteiger partial charge >= 0.3 is 0 Å². The second-order valence-corrected chi connectivity index (χ2v) is 7.69. The number of hydrogen-bond acceptors (Lipinski definition) is 3. The smallest absolute Gasteiger partial charge is 0.244 e. The van der Waals surface area contributed by atoms with Crippen LogP contribution in [0.4, 0.5) is 5.69 Å². The first-order chi connectivity index (χ1) is 11.4. The quantitative estimate of drug-likeness (QED) is 0.801. The van der Waals surface area contributed by atoms with Crippen LogP contribution in [-0.4, -0.2) is 29.2 Å². The maximum absolute atomic E-state index is 12.7. The van der Waals surface area contributed by atoms with Gasteiger partial charge in [-0.05, 0) is 53.4 Å². The van der Waals surface area contributed by atoms with E-state index in [1.807, 2.05) is 19.1 Å². The summed E-state index contributed by atoms with van der Waals surface area (Å²) in [6, 6.07) is 5.59. The van der Waals surface area contributed by atoms with Crippen LogP contribution < -0.4 is 5.32 Å². The molecule has 3 rings (SSSR count). The van der Waals surface area contributed by atoms with Crippen molar-refractivity contribution in [3.63, 3.8) is 0 Å². The lowest BCUT2D eigenvalue weighted by molar-refractivity contribution is -0.144. The number of carbonyl (C=O) groups excluding carboxylic acids is 3. The molecule has 0 bridgehead atoms. The maximum Gasteiger partial charge on any atom is 0.244 e. The Morgan fingerprint density at radius 1 is 1.25 bits per heavy atom. The van der Waals surface area contributed by atoms with E-state index in [0.717, 1.165) is 47.0 Å². The number of aryl methyl sites for hydroxylation is 1. The lowest BCUT2D eigenvalue weighted by atomic mass is 9.73. The molecule has 1 heterocycles. The molecule has 0 radical (unpaired) electrons. The summed E-state index contributed by atoms with van der Waals surface area (Å²) < 4.78 is 0.777. The van der Waals surface area contributed by atoms with E-state index < -0.39 is 5.41 Å². The normalized spacial score (nSPS) is 19.8. The highest BCUT2D eigenvalue weighted by molar-refractivity contribution is 9.10. The largest absolute Gasteiger partial charge is 0.324 e. The van der Waals surface area contributed by atoms with Crippen LogP contribution in [0.5, 0.6) is 0 Å². The second-order valence-electron chi connectivity index (χ2n) is 6.83. The van der Waals surface area contributed by atoms with Crippen molar-refractivity contribution in [2.24, 2.45) is 5.41 Å². The molecule has 5 nitrogen and oxygen atoms in total. The third-order valence-electron chi connectivity index (χ3n) is 5.00. The van der Waals surface area contributed by atoms with Crippen LogP contribution >= 0.6 is 15.9 Å². The predicted octanol–water partition coefficient (Wildman–Crippen LogP) is 3.41. The highest BCUT2D eigenvalue weighted by Crippen LogP contribution is 2.45. The molecule has 2 aliphatic rings. The maximum atomic E-state index is 12.7. The van der Waals surface area contributed by atoms with E-state index in [4.69, 9.17) is 0 Å².